The molecular formula is C14H18ClNO4. The molecule has 110 valence electrons. The number of halogens is 1. The fraction of sp³-hybridized carbons (Fsp3) is 0.429. The molecule has 0 heterocycles. The van der Waals surface area contributed by atoms with Crippen molar-refractivity contribution in [2.45, 2.75) is 33.3 Å². The Morgan fingerprint density at radius 2 is 1.95 bits per heavy atom. The van der Waals surface area contributed by atoms with Gasteiger partial charge in [0.1, 0.15) is 18.0 Å². The molecule has 1 rings (SSSR count). The molecule has 5 nitrogen and oxygen atoms in total. The number of anilines is 1. The first-order valence-corrected chi connectivity index (χ1v) is 6.47. The van der Waals surface area contributed by atoms with Crippen molar-refractivity contribution < 1.29 is 19.1 Å². The molecule has 0 unspecified atom stereocenters. The lowest BCUT2D eigenvalue weighted by Gasteiger charge is -2.19. The highest BCUT2D eigenvalue weighted by Crippen LogP contribution is 2.28. The first-order valence-electron chi connectivity index (χ1n) is 6.09. The molecule has 0 radical (unpaired) electrons. The zero-order valence-electron chi connectivity index (χ0n) is 12.0. The van der Waals surface area contributed by atoms with Gasteiger partial charge in [0, 0.05) is 11.8 Å². The van der Waals surface area contributed by atoms with E-state index in [-0.39, 0.29) is 12.4 Å². The summed E-state index contributed by atoms with van der Waals surface area (Å²) in [5, 5.41) is 2.93. The van der Waals surface area contributed by atoms with E-state index in [1.54, 1.807) is 32.9 Å². The summed E-state index contributed by atoms with van der Waals surface area (Å²) in [4.78, 5) is 22.5. The molecule has 0 aliphatic rings. The predicted octanol–water partition coefficient (Wildman–Crippen LogP) is 3.65. The number of ketones is 1. The number of carbonyl (C=O) groups is 2. The van der Waals surface area contributed by atoms with Crippen LogP contribution >= 0.6 is 11.6 Å². The number of hydrogen-bond acceptors (Lipinski definition) is 4. The second-order valence-electron chi connectivity index (χ2n) is 5.26. The Labute approximate surface area is 123 Å². The van der Waals surface area contributed by atoms with E-state index in [4.69, 9.17) is 21.1 Å². The summed E-state index contributed by atoms with van der Waals surface area (Å²) in [6.45, 7) is 6.66. The van der Waals surface area contributed by atoms with E-state index in [0.29, 0.717) is 16.5 Å². The highest BCUT2D eigenvalue weighted by Gasteiger charge is 2.16. The van der Waals surface area contributed by atoms with Crippen LogP contribution in [-0.2, 0) is 9.53 Å². The summed E-state index contributed by atoms with van der Waals surface area (Å²) in [6, 6.07) is 4.73. The zero-order valence-corrected chi connectivity index (χ0v) is 12.7. The van der Waals surface area contributed by atoms with Gasteiger partial charge in [-0.1, -0.05) is 11.6 Å². The lowest BCUT2D eigenvalue weighted by molar-refractivity contribution is -0.118. The monoisotopic (exact) mass is 299 g/mol. The minimum atomic E-state index is -0.579. The standard InChI is InChI=1S/C14H18ClNO4/c1-9(17)8-19-12-7-10(5-6-11(12)15)16-13(18)20-14(2,3)4/h5-7H,8H2,1-4H3,(H,16,18). The molecule has 1 aromatic rings. The number of ether oxygens (including phenoxy) is 2. The van der Waals surface area contributed by atoms with Crippen molar-refractivity contribution in [3.63, 3.8) is 0 Å². The summed E-state index contributed by atoms with van der Waals surface area (Å²) in [7, 11) is 0. The van der Waals surface area contributed by atoms with Crippen LogP contribution in [-0.4, -0.2) is 24.1 Å². The molecule has 0 aliphatic carbocycles. The number of carbonyl (C=O) groups excluding carboxylic acids is 2. The molecule has 0 fully saturated rings. The molecule has 1 aromatic carbocycles. The van der Waals surface area contributed by atoms with Crippen LogP contribution in [0.5, 0.6) is 5.75 Å². The van der Waals surface area contributed by atoms with Crippen molar-refractivity contribution in [2.75, 3.05) is 11.9 Å². The zero-order chi connectivity index (χ0) is 15.3. The van der Waals surface area contributed by atoms with Crippen LogP contribution < -0.4 is 10.1 Å². The van der Waals surface area contributed by atoms with Crippen LogP contribution in [0.3, 0.4) is 0 Å². The quantitative estimate of drug-likeness (QED) is 0.921. The molecule has 0 bridgehead atoms. The van der Waals surface area contributed by atoms with Crippen LogP contribution in [0.4, 0.5) is 10.5 Å². The van der Waals surface area contributed by atoms with Gasteiger partial charge in [0.2, 0.25) is 0 Å². The molecule has 0 saturated carbocycles. The maximum atomic E-state index is 11.6. The minimum absolute atomic E-state index is 0.0738. The highest BCUT2D eigenvalue weighted by molar-refractivity contribution is 6.32. The van der Waals surface area contributed by atoms with Gasteiger partial charge in [-0.05, 0) is 39.8 Å². The van der Waals surface area contributed by atoms with Gasteiger partial charge < -0.3 is 9.47 Å². The van der Waals surface area contributed by atoms with E-state index >= 15 is 0 Å². The number of hydrogen-bond donors (Lipinski definition) is 1. The Morgan fingerprint density at radius 1 is 1.30 bits per heavy atom. The average Bonchev–Trinajstić information content (AvgIpc) is 2.27. The molecule has 0 saturated heterocycles. The largest absolute Gasteiger partial charge is 0.484 e. The van der Waals surface area contributed by atoms with Crippen LogP contribution in [0.25, 0.3) is 0 Å². The number of rotatable bonds is 4. The van der Waals surface area contributed by atoms with Gasteiger partial charge in [0.15, 0.2) is 5.78 Å². The van der Waals surface area contributed by atoms with E-state index in [2.05, 4.69) is 5.32 Å². The van der Waals surface area contributed by atoms with E-state index < -0.39 is 11.7 Å². The Morgan fingerprint density at radius 3 is 2.50 bits per heavy atom. The van der Waals surface area contributed by atoms with Crippen molar-refractivity contribution in [1.82, 2.24) is 0 Å². The Bertz CT molecular complexity index is 508. The third-order valence-corrected chi connectivity index (χ3v) is 2.32. The number of nitrogens with one attached hydrogen (secondary N) is 1. The van der Waals surface area contributed by atoms with Gasteiger partial charge >= 0.3 is 6.09 Å². The van der Waals surface area contributed by atoms with Crippen LogP contribution in [0.1, 0.15) is 27.7 Å². The summed E-state index contributed by atoms with van der Waals surface area (Å²) in [5.41, 5.74) is -0.105. The average molecular weight is 300 g/mol. The summed E-state index contributed by atoms with van der Waals surface area (Å²) < 4.78 is 10.4. The SMILES string of the molecule is CC(=O)COc1cc(NC(=O)OC(C)(C)C)ccc1Cl. The van der Waals surface area contributed by atoms with Gasteiger partial charge in [-0.3, -0.25) is 10.1 Å². The fourth-order valence-corrected chi connectivity index (χ4v) is 1.46. The third kappa shape index (κ3) is 5.93. The maximum absolute atomic E-state index is 11.6. The topological polar surface area (TPSA) is 64.6 Å². The molecule has 20 heavy (non-hydrogen) atoms. The first-order chi connectivity index (χ1) is 9.17. The van der Waals surface area contributed by atoms with Gasteiger partial charge in [-0.25, -0.2) is 4.79 Å². The second kappa shape index (κ2) is 6.61. The van der Waals surface area contributed by atoms with Gasteiger partial charge in [0.05, 0.1) is 5.02 Å². The molecule has 0 spiro atoms. The normalized spacial score (nSPS) is 10.8. The number of Topliss-reactive ketones (excluding diaryl/α,β-unsaturated/α-hetero) is 1. The molecule has 0 aromatic heterocycles. The molecule has 6 heteroatoms. The highest BCUT2D eigenvalue weighted by atomic mass is 35.5. The number of benzene rings is 1. The summed E-state index contributed by atoms with van der Waals surface area (Å²) in [5.74, 6) is 0.210. The van der Waals surface area contributed by atoms with Gasteiger partial charge in [-0.2, -0.15) is 0 Å². The second-order valence-corrected chi connectivity index (χ2v) is 5.67. The Kier molecular flexibility index (Phi) is 5.39. The Hall–Kier alpha value is -1.75. The predicted molar refractivity (Wildman–Crippen MR) is 77.5 cm³/mol. The molecule has 1 N–H and O–H groups in total. The first kappa shape index (κ1) is 16.3. The lowest BCUT2D eigenvalue weighted by Crippen LogP contribution is -2.27. The van der Waals surface area contributed by atoms with E-state index in [0.717, 1.165) is 0 Å². The summed E-state index contributed by atoms with van der Waals surface area (Å²) in [6.07, 6.45) is -0.572. The van der Waals surface area contributed by atoms with E-state index in [1.165, 1.54) is 13.0 Å². The summed E-state index contributed by atoms with van der Waals surface area (Å²) >= 11 is 5.94. The van der Waals surface area contributed by atoms with Crippen molar-refractivity contribution in [2.24, 2.45) is 0 Å². The smallest absolute Gasteiger partial charge is 0.412 e. The fourth-order valence-electron chi connectivity index (χ4n) is 1.29. The Balaban J connectivity index is 2.74. The third-order valence-electron chi connectivity index (χ3n) is 2.01. The van der Waals surface area contributed by atoms with Crippen molar-refractivity contribution >= 4 is 29.2 Å². The maximum Gasteiger partial charge on any atom is 0.412 e. The van der Waals surface area contributed by atoms with Crippen molar-refractivity contribution in [1.29, 1.82) is 0 Å². The molecule has 0 aliphatic heterocycles. The van der Waals surface area contributed by atoms with Crippen LogP contribution in [0.15, 0.2) is 18.2 Å². The van der Waals surface area contributed by atoms with Gasteiger partial charge in [-0.15, -0.1) is 0 Å². The minimum Gasteiger partial charge on any atom is -0.484 e. The van der Waals surface area contributed by atoms with E-state index in [9.17, 15) is 9.59 Å². The van der Waals surface area contributed by atoms with E-state index in [1.807, 2.05) is 0 Å². The molecular weight excluding hydrogens is 282 g/mol. The van der Waals surface area contributed by atoms with Crippen LogP contribution in [0.2, 0.25) is 5.02 Å². The number of amides is 1. The van der Waals surface area contributed by atoms with Crippen LogP contribution in [0, 0.1) is 0 Å². The molecule has 1 amide bonds. The molecule has 0 atom stereocenters. The van der Waals surface area contributed by atoms with Crippen molar-refractivity contribution in [3.05, 3.63) is 23.2 Å². The van der Waals surface area contributed by atoms with Gasteiger partial charge in [0.25, 0.3) is 0 Å². The van der Waals surface area contributed by atoms with Crippen molar-refractivity contribution in [3.8, 4) is 5.75 Å². The lowest BCUT2D eigenvalue weighted by atomic mass is 10.2.